The fourth-order valence-corrected chi connectivity index (χ4v) is 3.03. The Morgan fingerprint density at radius 1 is 1.67 bits per heavy atom. The zero-order valence-electron chi connectivity index (χ0n) is 7.39. The fraction of sp³-hybridized carbons (Fsp3) is 0.500. The van der Waals surface area contributed by atoms with E-state index in [1.807, 2.05) is 25.6 Å². The molecule has 0 bridgehead atoms. The summed E-state index contributed by atoms with van der Waals surface area (Å²) in [7, 11) is 0. The first-order valence-electron chi connectivity index (χ1n) is 4.17. The van der Waals surface area contributed by atoms with E-state index in [-0.39, 0.29) is 0 Å². The molecule has 1 nitrogen and oxygen atoms in total. The van der Waals surface area contributed by atoms with Gasteiger partial charge in [-0.3, -0.25) is 4.79 Å². The molecule has 0 amide bonds. The Kier molecular flexibility index (Phi) is 1.69. The van der Waals surface area contributed by atoms with Gasteiger partial charge in [0.15, 0.2) is 5.78 Å². The number of fused-ring (bicyclic) bond motifs is 1. The van der Waals surface area contributed by atoms with E-state index < -0.39 is 0 Å². The van der Waals surface area contributed by atoms with Crippen LogP contribution in [-0.2, 0) is 4.79 Å². The Morgan fingerprint density at radius 3 is 2.92 bits per heavy atom. The molecule has 64 valence electrons. The van der Waals surface area contributed by atoms with Gasteiger partial charge >= 0.3 is 0 Å². The molecule has 1 saturated heterocycles. The van der Waals surface area contributed by atoms with Crippen LogP contribution in [0.25, 0.3) is 0 Å². The lowest BCUT2D eigenvalue weighted by Gasteiger charge is -2.17. The van der Waals surface area contributed by atoms with Gasteiger partial charge < -0.3 is 0 Å². The van der Waals surface area contributed by atoms with Crippen molar-refractivity contribution in [2.75, 3.05) is 0 Å². The van der Waals surface area contributed by atoms with Crippen LogP contribution in [0.15, 0.2) is 22.6 Å². The third-order valence-corrected chi connectivity index (χ3v) is 4.03. The first kappa shape index (κ1) is 8.11. The van der Waals surface area contributed by atoms with E-state index in [2.05, 4.69) is 6.58 Å². The number of rotatable bonds is 1. The Hall–Kier alpha value is -0.500. The number of carbonyl (C=O) groups excluding carboxylic acids is 1. The minimum atomic E-state index is 0.319. The van der Waals surface area contributed by atoms with Crippen LogP contribution in [-0.4, -0.2) is 11.0 Å². The molecule has 2 rings (SSSR count). The van der Waals surface area contributed by atoms with E-state index in [0.29, 0.717) is 23.4 Å². The van der Waals surface area contributed by atoms with Crippen molar-refractivity contribution >= 4 is 17.5 Å². The van der Waals surface area contributed by atoms with Crippen molar-refractivity contribution in [3.63, 3.8) is 0 Å². The lowest BCUT2D eigenvalue weighted by molar-refractivity contribution is -0.116. The number of carbonyl (C=O) groups is 1. The van der Waals surface area contributed by atoms with E-state index in [1.54, 1.807) is 0 Å². The summed E-state index contributed by atoms with van der Waals surface area (Å²) in [4.78, 5) is 12.8. The standard InChI is InChI=1S/C10H12OS/c1-5(2)7-4-8(11)6(3)9-10(7)12-9/h7,10H,1,4H2,2-3H3. The van der Waals surface area contributed by atoms with E-state index in [4.69, 9.17) is 0 Å². The number of thioether (sulfide) groups is 1. The Morgan fingerprint density at radius 2 is 2.33 bits per heavy atom. The molecule has 0 radical (unpaired) electrons. The van der Waals surface area contributed by atoms with Crippen LogP contribution in [0.1, 0.15) is 20.3 Å². The average Bonchev–Trinajstić information content (AvgIpc) is 2.75. The summed E-state index contributed by atoms with van der Waals surface area (Å²) < 4.78 is 0. The van der Waals surface area contributed by atoms with Crippen molar-refractivity contribution in [2.24, 2.45) is 5.92 Å². The Bertz CT molecular complexity index is 301. The molecule has 2 unspecified atom stereocenters. The normalized spacial score (nSPS) is 33.3. The van der Waals surface area contributed by atoms with Gasteiger partial charge in [0, 0.05) is 28.1 Å². The van der Waals surface area contributed by atoms with Gasteiger partial charge in [0.1, 0.15) is 0 Å². The molecular formula is C10H12OS. The van der Waals surface area contributed by atoms with Crippen LogP contribution in [0.4, 0.5) is 0 Å². The molecule has 0 aromatic carbocycles. The minimum absolute atomic E-state index is 0.319. The van der Waals surface area contributed by atoms with Crippen LogP contribution in [0.2, 0.25) is 0 Å². The summed E-state index contributed by atoms with van der Waals surface area (Å²) in [6, 6.07) is 0. The molecule has 1 aliphatic carbocycles. The number of ketones is 1. The summed E-state index contributed by atoms with van der Waals surface area (Å²) in [6.07, 6.45) is 0.683. The molecule has 1 heterocycles. The highest BCUT2D eigenvalue weighted by Crippen LogP contribution is 2.57. The van der Waals surface area contributed by atoms with Crippen LogP contribution in [0, 0.1) is 5.92 Å². The highest BCUT2D eigenvalue weighted by Gasteiger charge is 2.45. The molecule has 2 atom stereocenters. The van der Waals surface area contributed by atoms with E-state index in [0.717, 1.165) is 11.1 Å². The third kappa shape index (κ3) is 1.06. The van der Waals surface area contributed by atoms with E-state index >= 15 is 0 Å². The first-order chi connectivity index (χ1) is 5.61. The van der Waals surface area contributed by atoms with Gasteiger partial charge in [-0.15, -0.1) is 11.8 Å². The highest BCUT2D eigenvalue weighted by molar-refractivity contribution is 8.12. The summed E-state index contributed by atoms with van der Waals surface area (Å²) in [6.45, 7) is 7.89. The maximum atomic E-state index is 11.4. The zero-order chi connectivity index (χ0) is 8.88. The summed E-state index contributed by atoms with van der Waals surface area (Å²) in [5.74, 6) is 0.737. The second kappa shape index (κ2) is 2.49. The molecule has 1 aliphatic heterocycles. The molecule has 2 aliphatic rings. The smallest absolute Gasteiger partial charge is 0.160 e. The van der Waals surface area contributed by atoms with Gasteiger partial charge in [0.2, 0.25) is 0 Å². The number of Topliss-reactive ketones (excluding diaryl/α,β-unsaturated/α-hetero) is 1. The first-order valence-corrected chi connectivity index (χ1v) is 5.05. The van der Waals surface area contributed by atoms with Gasteiger partial charge in [-0.05, 0) is 13.8 Å². The second-order valence-corrected chi connectivity index (χ2v) is 4.79. The molecule has 0 saturated carbocycles. The van der Waals surface area contributed by atoms with Gasteiger partial charge in [-0.1, -0.05) is 12.2 Å². The van der Waals surface area contributed by atoms with Crippen molar-refractivity contribution in [3.05, 3.63) is 22.6 Å². The molecule has 0 aromatic rings. The highest BCUT2D eigenvalue weighted by atomic mass is 32.2. The molecule has 1 fully saturated rings. The van der Waals surface area contributed by atoms with Crippen molar-refractivity contribution in [1.82, 2.24) is 0 Å². The zero-order valence-corrected chi connectivity index (χ0v) is 8.20. The molecular weight excluding hydrogens is 168 g/mol. The van der Waals surface area contributed by atoms with Crippen LogP contribution in [0.5, 0.6) is 0 Å². The summed E-state index contributed by atoms with van der Waals surface area (Å²) in [5.41, 5.74) is 2.16. The average molecular weight is 180 g/mol. The second-order valence-electron chi connectivity index (χ2n) is 3.61. The van der Waals surface area contributed by atoms with E-state index in [9.17, 15) is 4.79 Å². The summed E-state index contributed by atoms with van der Waals surface area (Å²) >= 11 is 1.85. The fourth-order valence-electron chi connectivity index (χ4n) is 1.70. The molecule has 12 heavy (non-hydrogen) atoms. The van der Waals surface area contributed by atoms with Gasteiger partial charge in [0.05, 0.1) is 0 Å². The molecule has 0 aromatic heterocycles. The van der Waals surface area contributed by atoms with Crippen LogP contribution >= 0.6 is 11.8 Å². The molecule has 0 spiro atoms. The van der Waals surface area contributed by atoms with Crippen molar-refractivity contribution in [3.8, 4) is 0 Å². The van der Waals surface area contributed by atoms with Gasteiger partial charge in [-0.2, -0.15) is 0 Å². The number of hydrogen-bond donors (Lipinski definition) is 0. The van der Waals surface area contributed by atoms with Crippen molar-refractivity contribution < 1.29 is 4.79 Å². The minimum Gasteiger partial charge on any atom is -0.295 e. The Labute approximate surface area is 76.9 Å². The molecule has 2 heteroatoms. The van der Waals surface area contributed by atoms with Crippen molar-refractivity contribution in [2.45, 2.75) is 25.5 Å². The monoisotopic (exact) mass is 180 g/mol. The van der Waals surface area contributed by atoms with E-state index in [1.165, 1.54) is 4.91 Å². The predicted molar refractivity (Wildman–Crippen MR) is 52.0 cm³/mol. The topological polar surface area (TPSA) is 17.1 Å². The predicted octanol–water partition coefficient (Wildman–Crippen LogP) is 2.54. The maximum Gasteiger partial charge on any atom is 0.160 e. The van der Waals surface area contributed by atoms with Gasteiger partial charge in [0.25, 0.3) is 0 Å². The van der Waals surface area contributed by atoms with Crippen molar-refractivity contribution in [1.29, 1.82) is 0 Å². The van der Waals surface area contributed by atoms with Gasteiger partial charge in [-0.25, -0.2) is 0 Å². The Balaban J connectivity index is 2.29. The summed E-state index contributed by atoms with van der Waals surface area (Å²) in [5, 5.41) is 0.597. The maximum absolute atomic E-state index is 11.4. The third-order valence-electron chi connectivity index (χ3n) is 2.65. The molecule has 0 N–H and O–H groups in total. The van der Waals surface area contributed by atoms with Crippen LogP contribution in [0.3, 0.4) is 0 Å². The quantitative estimate of drug-likeness (QED) is 0.455. The largest absolute Gasteiger partial charge is 0.295 e. The number of hydrogen-bond acceptors (Lipinski definition) is 2. The lowest BCUT2D eigenvalue weighted by Crippen LogP contribution is -2.19. The lowest BCUT2D eigenvalue weighted by atomic mass is 9.85. The number of allylic oxidation sites excluding steroid dienone is 2. The SMILES string of the molecule is C=C(C)C1CC(=O)C(C)=C2SC21. The van der Waals surface area contributed by atoms with Crippen LogP contribution < -0.4 is 0 Å².